The highest BCUT2D eigenvalue weighted by Crippen LogP contribution is 2.16. The lowest BCUT2D eigenvalue weighted by atomic mass is 10.1. The minimum Gasteiger partial charge on any atom is -0.508 e. The first-order valence-corrected chi connectivity index (χ1v) is 3.92. The van der Waals surface area contributed by atoms with E-state index in [-0.39, 0.29) is 11.7 Å². The number of aryl methyl sites for hydroxylation is 1. The van der Waals surface area contributed by atoms with Crippen molar-refractivity contribution in [2.75, 3.05) is 7.05 Å². The lowest BCUT2D eigenvalue weighted by Gasteiger charge is -2.04. The number of amides is 1. The molecule has 0 radical (unpaired) electrons. The molecule has 0 fully saturated rings. The maximum Gasteiger partial charge on any atom is 0.265 e. The molecular formula is C9H12N2O2. The van der Waals surface area contributed by atoms with E-state index in [9.17, 15) is 9.90 Å². The van der Waals surface area contributed by atoms with Gasteiger partial charge in [-0.3, -0.25) is 10.2 Å². The Morgan fingerprint density at radius 3 is 2.69 bits per heavy atom. The number of hydrazine groups is 1. The first-order valence-electron chi connectivity index (χ1n) is 3.92. The summed E-state index contributed by atoms with van der Waals surface area (Å²) in [6.45, 7) is 1.77. The second kappa shape index (κ2) is 3.91. The van der Waals surface area contributed by atoms with E-state index < -0.39 is 0 Å². The Morgan fingerprint density at radius 1 is 1.46 bits per heavy atom. The second-order valence-corrected chi connectivity index (χ2v) is 2.71. The van der Waals surface area contributed by atoms with Gasteiger partial charge in [-0.15, -0.1) is 0 Å². The van der Waals surface area contributed by atoms with Crippen LogP contribution in [0.1, 0.15) is 15.9 Å². The second-order valence-electron chi connectivity index (χ2n) is 2.71. The minimum absolute atomic E-state index is 0.128. The Balaban J connectivity index is 2.90. The molecule has 0 spiro atoms. The van der Waals surface area contributed by atoms with E-state index in [0.29, 0.717) is 5.56 Å². The van der Waals surface area contributed by atoms with Crippen molar-refractivity contribution in [3.8, 4) is 5.75 Å². The largest absolute Gasteiger partial charge is 0.508 e. The highest BCUT2D eigenvalue weighted by Gasteiger charge is 2.05. The Labute approximate surface area is 76.6 Å². The van der Waals surface area contributed by atoms with Gasteiger partial charge in [0, 0.05) is 12.6 Å². The van der Waals surface area contributed by atoms with Gasteiger partial charge in [-0.25, -0.2) is 5.43 Å². The van der Waals surface area contributed by atoms with Gasteiger partial charge >= 0.3 is 0 Å². The zero-order chi connectivity index (χ0) is 9.84. The number of hydrogen-bond donors (Lipinski definition) is 3. The van der Waals surface area contributed by atoms with Gasteiger partial charge in [-0.2, -0.15) is 0 Å². The van der Waals surface area contributed by atoms with Crippen LogP contribution in [0.4, 0.5) is 0 Å². The minimum atomic E-state index is -0.266. The molecule has 3 N–H and O–H groups in total. The van der Waals surface area contributed by atoms with Crippen molar-refractivity contribution < 1.29 is 9.90 Å². The standard InChI is InChI=1S/C9H12N2O2/c1-6-3-4-7(5-8(6)12)9(13)11-10-2/h3-5,10,12H,1-2H3,(H,11,13). The van der Waals surface area contributed by atoms with Gasteiger partial charge in [0.25, 0.3) is 5.91 Å². The number of hydrogen-bond acceptors (Lipinski definition) is 3. The van der Waals surface area contributed by atoms with Crippen LogP contribution in [0.15, 0.2) is 18.2 Å². The maximum absolute atomic E-state index is 11.2. The molecule has 0 unspecified atom stereocenters. The summed E-state index contributed by atoms with van der Waals surface area (Å²) in [5.41, 5.74) is 6.11. The molecule has 70 valence electrons. The number of carbonyl (C=O) groups is 1. The fourth-order valence-corrected chi connectivity index (χ4v) is 0.936. The quantitative estimate of drug-likeness (QED) is 0.583. The average molecular weight is 180 g/mol. The summed E-state index contributed by atoms with van der Waals surface area (Å²) >= 11 is 0. The number of carbonyl (C=O) groups excluding carboxylic acids is 1. The predicted octanol–water partition coefficient (Wildman–Crippen LogP) is 0.565. The molecule has 1 aromatic rings. The van der Waals surface area contributed by atoms with E-state index in [1.807, 2.05) is 0 Å². The number of rotatable bonds is 2. The molecule has 0 heterocycles. The van der Waals surface area contributed by atoms with Gasteiger partial charge in [0.2, 0.25) is 0 Å². The van der Waals surface area contributed by atoms with E-state index in [1.54, 1.807) is 26.1 Å². The zero-order valence-electron chi connectivity index (χ0n) is 7.59. The Morgan fingerprint density at radius 2 is 2.15 bits per heavy atom. The highest BCUT2D eigenvalue weighted by molar-refractivity contribution is 5.94. The molecule has 0 saturated heterocycles. The average Bonchev–Trinajstić information content (AvgIpc) is 2.10. The van der Waals surface area contributed by atoms with Crippen LogP contribution in [0, 0.1) is 6.92 Å². The van der Waals surface area contributed by atoms with E-state index in [1.165, 1.54) is 6.07 Å². The van der Waals surface area contributed by atoms with Crippen LogP contribution in [0.2, 0.25) is 0 Å². The van der Waals surface area contributed by atoms with Gasteiger partial charge in [0.15, 0.2) is 0 Å². The van der Waals surface area contributed by atoms with Crippen LogP contribution in [0.25, 0.3) is 0 Å². The maximum atomic E-state index is 11.2. The third-order valence-corrected chi connectivity index (χ3v) is 1.71. The van der Waals surface area contributed by atoms with Crippen LogP contribution in [0.5, 0.6) is 5.75 Å². The molecule has 0 bridgehead atoms. The van der Waals surface area contributed by atoms with Crippen LogP contribution in [-0.2, 0) is 0 Å². The van der Waals surface area contributed by atoms with E-state index in [2.05, 4.69) is 10.9 Å². The lowest BCUT2D eigenvalue weighted by molar-refractivity contribution is 0.0937. The third kappa shape index (κ3) is 2.19. The van der Waals surface area contributed by atoms with Gasteiger partial charge in [-0.1, -0.05) is 6.07 Å². The summed E-state index contributed by atoms with van der Waals surface area (Å²) in [5, 5.41) is 9.32. The third-order valence-electron chi connectivity index (χ3n) is 1.71. The van der Waals surface area contributed by atoms with Gasteiger partial charge < -0.3 is 5.11 Å². The molecule has 0 aliphatic rings. The monoisotopic (exact) mass is 180 g/mol. The molecule has 13 heavy (non-hydrogen) atoms. The Bertz CT molecular complexity index is 323. The topological polar surface area (TPSA) is 61.4 Å². The summed E-state index contributed by atoms with van der Waals surface area (Å²) in [7, 11) is 1.60. The number of aromatic hydroxyl groups is 1. The van der Waals surface area contributed by atoms with E-state index in [0.717, 1.165) is 5.56 Å². The van der Waals surface area contributed by atoms with Gasteiger partial charge in [-0.05, 0) is 24.6 Å². The predicted molar refractivity (Wildman–Crippen MR) is 49.4 cm³/mol. The van der Waals surface area contributed by atoms with Crippen LogP contribution >= 0.6 is 0 Å². The van der Waals surface area contributed by atoms with Crippen molar-refractivity contribution in [2.24, 2.45) is 0 Å². The molecule has 0 atom stereocenters. The smallest absolute Gasteiger partial charge is 0.265 e. The molecule has 0 saturated carbocycles. The van der Waals surface area contributed by atoms with Gasteiger partial charge in [0.1, 0.15) is 5.75 Å². The van der Waals surface area contributed by atoms with Crippen molar-refractivity contribution >= 4 is 5.91 Å². The van der Waals surface area contributed by atoms with Crippen LogP contribution < -0.4 is 10.9 Å². The highest BCUT2D eigenvalue weighted by atomic mass is 16.3. The van der Waals surface area contributed by atoms with E-state index in [4.69, 9.17) is 0 Å². The Hall–Kier alpha value is -1.55. The molecule has 1 aromatic carbocycles. The molecule has 4 heteroatoms. The van der Waals surface area contributed by atoms with Crippen LogP contribution in [0.3, 0.4) is 0 Å². The fraction of sp³-hybridized carbons (Fsp3) is 0.222. The van der Waals surface area contributed by atoms with Crippen molar-refractivity contribution in [1.82, 2.24) is 10.9 Å². The van der Waals surface area contributed by atoms with Crippen molar-refractivity contribution in [3.63, 3.8) is 0 Å². The molecule has 0 aromatic heterocycles. The summed E-state index contributed by atoms with van der Waals surface area (Å²) in [4.78, 5) is 11.2. The SMILES string of the molecule is CNNC(=O)c1ccc(C)c(O)c1. The van der Waals surface area contributed by atoms with Crippen molar-refractivity contribution in [1.29, 1.82) is 0 Å². The normalized spacial score (nSPS) is 9.69. The van der Waals surface area contributed by atoms with Crippen molar-refractivity contribution in [2.45, 2.75) is 6.92 Å². The summed E-state index contributed by atoms with van der Waals surface area (Å²) in [6, 6.07) is 4.78. The van der Waals surface area contributed by atoms with Gasteiger partial charge in [0.05, 0.1) is 0 Å². The van der Waals surface area contributed by atoms with Crippen molar-refractivity contribution in [3.05, 3.63) is 29.3 Å². The first-order chi connectivity index (χ1) is 6.15. The molecule has 4 nitrogen and oxygen atoms in total. The summed E-state index contributed by atoms with van der Waals surface area (Å²) in [5.74, 6) is -0.137. The first kappa shape index (κ1) is 9.54. The number of phenolic OH excluding ortho intramolecular Hbond substituents is 1. The van der Waals surface area contributed by atoms with Crippen LogP contribution in [-0.4, -0.2) is 18.1 Å². The summed E-state index contributed by atoms with van der Waals surface area (Å²) in [6.07, 6.45) is 0. The zero-order valence-corrected chi connectivity index (χ0v) is 7.59. The fourth-order valence-electron chi connectivity index (χ4n) is 0.936. The molecule has 0 aliphatic carbocycles. The molecule has 1 amide bonds. The molecule has 0 aliphatic heterocycles. The molecule has 1 rings (SSSR count). The lowest BCUT2D eigenvalue weighted by Crippen LogP contribution is -2.34. The molecular weight excluding hydrogens is 168 g/mol. The number of phenols is 1. The summed E-state index contributed by atoms with van der Waals surface area (Å²) < 4.78 is 0. The number of nitrogens with one attached hydrogen (secondary N) is 2. The Kier molecular flexibility index (Phi) is 2.87. The van der Waals surface area contributed by atoms with E-state index >= 15 is 0 Å². The number of benzene rings is 1.